The zero-order valence-electron chi connectivity index (χ0n) is 13.1. The summed E-state index contributed by atoms with van der Waals surface area (Å²) in [5, 5.41) is 5.75. The normalized spacial score (nSPS) is 13.2. The van der Waals surface area contributed by atoms with Gasteiger partial charge in [0, 0.05) is 12.0 Å². The van der Waals surface area contributed by atoms with Gasteiger partial charge in [0.1, 0.15) is 23.7 Å². The average Bonchev–Trinajstić information content (AvgIpc) is 3.40. The molecule has 4 N–H and O–H groups in total. The van der Waals surface area contributed by atoms with E-state index in [0.29, 0.717) is 23.1 Å². The van der Waals surface area contributed by atoms with Crippen LogP contribution in [0.15, 0.2) is 30.6 Å². The van der Waals surface area contributed by atoms with E-state index in [0.717, 1.165) is 12.8 Å². The van der Waals surface area contributed by atoms with E-state index < -0.39 is 5.91 Å². The van der Waals surface area contributed by atoms with Crippen LogP contribution in [0.1, 0.15) is 23.2 Å². The van der Waals surface area contributed by atoms with Gasteiger partial charge >= 0.3 is 0 Å². The van der Waals surface area contributed by atoms with Gasteiger partial charge < -0.3 is 21.1 Å². The lowest BCUT2D eigenvalue weighted by Crippen LogP contribution is -2.15. The number of amides is 2. The minimum absolute atomic E-state index is 0.0399. The highest BCUT2D eigenvalue weighted by Crippen LogP contribution is 2.30. The topological polar surface area (TPSA) is 119 Å². The zero-order valence-corrected chi connectivity index (χ0v) is 13.1. The summed E-state index contributed by atoms with van der Waals surface area (Å²) in [5.74, 6) is 0.811. The third kappa shape index (κ3) is 3.60. The molecule has 1 fully saturated rings. The van der Waals surface area contributed by atoms with Crippen LogP contribution in [-0.2, 0) is 4.79 Å². The lowest BCUT2D eigenvalue weighted by Gasteiger charge is -2.11. The fraction of sp³-hybridized carbons (Fsp3) is 0.250. The van der Waals surface area contributed by atoms with Gasteiger partial charge in [-0.25, -0.2) is 9.97 Å². The first-order valence-corrected chi connectivity index (χ1v) is 7.44. The van der Waals surface area contributed by atoms with Crippen LogP contribution in [0.4, 0.5) is 17.3 Å². The fourth-order valence-corrected chi connectivity index (χ4v) is 2.17. The Balaban J connectivity index is 1.80. The Bertz CT molecular complexity index is 789. The number of hydrogen-bond donors (Lipinski definition) is 3. The van der Waals surface area contributed by atoms with Gasteiger partial charge in [-0.05, 0) is 31.0 Å². The van der Waals surface area contributed by atoms with E-state index in [1.54, 1.807) is 24.3 Å². The van der Waals surface area contributed by atoms with Gasteiger partial charge in [0.15, 0.2) is 0 Å². The van der Waals surface area contributed by atoms with Gasteiger partial charge in [0.2, 0.25) is 5.91 Å². The van der Waals surface area contributed by atoms with E-state index in [1.807, 2.05) is 0 Å². The summed E-state index contributed by atoms with van der Waals surface area (Å²) >= 11 is 0. The maximum absolute atomic E-state index is 11.8. The maximum Gasteiger partial charge on any atom is 0.250 e. The number of methoxy groups -OCH3 is 1. The molecule has 124 valence electrons. The highest BCUT2D eigenvalue weighted by atomic mass is 16.5. The lowest BCUT2D eigenvalue weighted by atomic mass is 10.1. The predicted octanol–water partition coefficient (Wildman–Crippen LogP) is 1.68. The second kappa shape index (κ2) is 6.53. The van der Waals surface area contributed by atoms with Gasteiger partial charge in [-0.2, -0.15) is 0 Å². The van der Waals surface area contributed by atoms with Crippen molar-refractivity contribution in [3.05, 3.63) is 36.2 Å². The highest BCUT2D eigenvalue weighted by Gasteiger charge is 2.29. The number of anilines is 3. The van der Waals surface area contributed by atoms with Gasteiger partial charge in [-0.15, -0.1) is 0 Å². The summed E-state index contributed by atoms with van der Waals surface area (Å²) in [5.41, 5.74) is 6.17. The summed E-state index contributed by atoms with van der Waals surface area (Å²) in [6, 6.07) is 6.51. The summed E-state index contributed by atoms with van der Waals surface area (Å²) in [6.07, 6.45) is 3.16. The molecule has 8 heteroatoms. The SMILES string of the molecule is COc1ccc(Nc2cc(NC(=O)C3CC3)ncn2)c(C(N)=O)c1. The average molecular weight is 327 g/mol. The van der Waals surface area contributed by atoms with Crippen LogP contribution in [0.2, 0.25) is 0 Å². The molecular weight excluding hydrogens is 310 g/mol. The molecule has 2 aromatic rings. The lowest BCUT2D eigenvalue weighted by molar-refractivity contribution is -0.117. The minimum atomic E-state index is -0.590. The molecule has 1 saturated carbocycles. The van der Waals surface area contributed by atoms with Gasteiger partial charge in [-0.3, -0.25) is 9.59 Å². The number of aromatic nitrogens is 2. The third-order valence-electron chi connectivity index (χ3n) is 3.62. The first kappa shape index (κ1) is 15.7. The summed E-state index contributed by atoms with van der Waals surface area (Å²) < 4.78 is 5.09. The Labute approximate surface area is 138 Å². The van der Waals surface area contributed by atoms with E-state index in [-0.39, 0.29) is 17.4 Å². The van der Waals surface area contributed by atoms with Gasteiger partial charge in [-0.1, -0.05) is 0 Å². The van der Waals surface area contributed by atoms with Crippen molar-refractivity contribution in [1.29, 1.82) is 0 Å². The summed E-state index contributed by atoms with van der Waals surface area (Å²) in [6.45, 7) is 0. The Morgan fingerprint density at radius 3 is 2.62 bits per heavy atom. The van der Waals surface area contributed by atoms with Crippen molar-refractivity contribution in [2.24, 2.45) is 11.7 Å². The number of nitrogens with two attached hydrogens (primary N) is 1. The molecule has 0 atom stereocenters. The number of hydrogen-bond acceptors (Lipinski definition) is 6. The Hall–Kier alpha value is -3.16. The molecule has 1 aromatic carbocycles. The smallest absolute Gasteiger partial charge is 0.250 e. The number of carbonyl (C=O) groups is 2. The molecule has 0 unspecified atom stereocenters. The van der Waals surface area contributed by atoms with Crippen molar-refractivity contribution in [3.8, 4) is 5.75 Å². The van der Waals surface area contributed by atoms with Crippen molar-refractivity contribution in [1.82, 2.24) is 9.97 Å². The van der Waals surface area contributed by atoms with Gasteiger partial charge in [0.05, 0.1) is 18.4 Å². The number of benzene rings is 1. The largest absolute Gasteiger partial charge is 0.497 e. The second-order valence-corrected chi connectivity index (χ2v) is 5.45. The Kier molecular flexibility index (Phi) is 4.28. The molecule has 8 nitrogen and oxygen atoms in total. The third-order valence-corrected chi connectivity index (χ3v) is 3.62. The molecular formula is C16H17N5O3. The van der Waals surface area contributed by atoms with E-state index in [1.165, 1.54) is 13.4 Å². The van der Waals surface area contributed by atoms with Gasteiger partial charge in [0.25, 0.3) is 5.91 Å². The quantitative estimate of drug-likeness (QED) is 0.742. The Morgan fingerprint density at radius 1 is 1.21 bits per heavy atom. The zero-order chi connectivity index (χ0) is 17.1. The standard InChI is InChI=1S/C16H17N5O3/c1-24-10-4-5-12(11(6-10)15(17)22)20-13-7-14(19-8-18-13)21-16(23)9-2-3-9/h4-9H,2-3H2,1H3,(H2,17,22)(H2,18,19,20,21,23). The predicted molar refractivity (Wildman–Crippen MR) is 88.2 cm³/mol. The summed E-state index contributed by atoms with van der Waals surface area (Å²) in [7, 11) is 1.51. The van der Waals surface area contributed by atoms with Crippen LogP contribution in [0.5, 0.6) is 5.75 Å². The van der Waals surface area contributed by atoms with Crippen molar-refractivity contribution in [2.45, 2.75) is 12.8 Å². The molecule has 0 bridgehead atoms. The molecule has 1 aliphatic rings. The van der Waals surface area contributed by atoms with Crippen molar-refractivity contribution >= 4 is 29.1 Å². The molecule has 0 spiro atoms. The van der Waals surface area contributed by atoms with E-state index >= 15 is 0 Å². The number of nitrogens with zero attached hydrogens (tertiary/aromatic N) is 2. The molecule has 3 rings (SSSR count). The minimum Gasteiger partial charge on any atom is -0.497 e. The van der Waals surface area contributed by atoms with Crippen LogP contribution >= 0.6 is 0 Å². The maximum atomic E-state index is 11.8. The number of nitrogens with one attached hydrogen (secondary N) is 2. The molecule has 24 heavy (non-hydrogen) atoms. The highest BCUT2D eigenvalue weighted by molar-refractivity contribution is 5.99. The first-order chi connectivity index (χ1) is 11.6. The van der Waals surface area contributed by atoms with Crippen LogP contribution in [0.3, 0.4) is 0 Å². The number of carbonyl (C=O) groups excluding carboxylic acids is 2. The van der Waals surface area contributed by atoms with Crippen molar-refractivity contribution in [3.63, 3.8) is 0 Å². The monoisotopic (exact) mass is 327 g/mol. The molecule has 0 saturated heterocycles. The van der Waals surface area contributed by atoms with Crippen LogP contribution < -0.4 is 21.1 Å². The van der Waals surface area contributed by atoms with Crippen molar-refractivity contribution in [2.75, 3.05) is 17.7 Å². The van der Waals surface area contributed by atoms with E-state index in [9.17, 15) is 9.59 Å². The van der Waals surface area contributed by atoms with E-state index in [4.69, 9.17) is 10.5 Å². The van der Waals surface area contributed by atoms with Crippen LogP contribution in [0, 0.1) is 5.92 Å². The van der Waals surface area contributed by atoms with Crippen LogP contribution in [-0.4, -0.2) is 28.9 Å². The molecule has 1 aliphatic carbocycles. The summed E-state index contributed by atoms with van der Waals surface area (Å²) in [4.78, 5) is 31.5. The number of ether oxygens (including phenoxy) is 1. The molecule has 0 aliphatic heterocycles. The molecule has 1 aromatic heterocycles. The molecule has 0 radical (unpaired) electrons. The molecule has 2 amide bonds. The van der Waals surface area contributed by atoms with Crippen molar-refractivity contribution < 1.29 is 14.3 Å². The van der Waals surface area contributed by atoms with Crippen LogP contribution in [0.25, 0.3) is 0 Å². The number of primary amides is 1. The number of rotatable bonds is 6. The van der Waals surface area contributed by atoms with E-state index in [2.05, 4.69) is 20.6 Å². The second-order valence-electron chi connectivity index (χ2n) is 5.45. The fourth-order valence-electron chi connectivity index (χ4n) is 2.17. The molecule has 1 heterocycles. The first-order valence-electron chi connectivity index (χ1n) is 7.44. The Morgan fingerprint density at radius 2 is 1.96 bits per heavy atom.